The number of unbranched alkanes of at least 4 members (excludes halogenated alkanes) is 1. The molecular formula is C13H18ClNO2. The Labute approximate surface area is 107 Å². The smallest absolute Gasteiger partial charge is 0.251 e. The third-order valence-corrected chi connectivity index (χ3v) is 2.45. The highest BCUT2D eigenvalue weighted by Gasteiger charge is 2.04. The maximum absolute atomic E-state index is 11.6. The van der Waals surface area contributed by atoms with Crippen molar-refractivity contribution in [2.45, 2.75) is 19.8 Å². The summed E-state index contributed by atoms with van der Waals surface area (Å²) in [6.45, 7) is 3.32. The van der Waals surface area contributed by atoms with Gasteiger partial charge in [-0.25, -0.2) is 0 Å². The fourth-order valence-corrected chi connectivity index (χ4v) is 1.39. The first-order chi connectivity index (χ1) is 8.27. The molecule has 0 aliphatic carbocycles. The lowest BCUT2D eigenvalue weighted by molar-refractivity contribution is 0.0956. The summed E-state index contributed by atoms with van der Waals surface area (Å²) in [6.07, 6.45) is 2.15. The normalized spacial score (nSPS) is 10.0. The molecule has 0 aliphatic rings. The van der Waals surface area contributed by atoms with E-state index in [0.29, 0.717) is 24.6 Å². The molecule has 3 nitrogen and oxygen atoms in total. The number of hydrogen-bond acceptors (Lipinski definition) is 2. The van der Waals surface area contributed by atoms with Crippen LogP contribution in [0.4, 0.5) is 0 Å². The molecule has 0 aromatic heterocycles. The summed E-state index contributed by atoms with van der Waals surface area (Å²) in [5.74, 6) is 1.11. The molecule has 0 aliphatic heterocycles. The summed E-state index contributed by atoms with van der Waals surface area (Å²) < 4.78 is 5.51. The van der Waals surface area contributed by atoms with Gasteiger partial charge >= 0.3 is 0 Å². The van der Waals surface area contributed by atoms with Crippen molar-refractivity contribution in [2.75, 3.05) is 19.0 Å². The molecule has 4 heteroatoms. The van der Waals surface area contributed by atoms with Crippen LogP contribution < -0.4 is 10.1 Å². The number of hydrogen-bond donors (Lipinski definition) is 1. The van der Waals surface area contributed by atoms with E-state index >= 15 is 0 Å². The molecule has 1 rings (SSSR count). The van der Waals surface area contributed by atoms with E-state index in [9.17, 15) is 4.79 Å². The molecule has 1 aromatic rings. The van der Waals surface area contributed by atoms with Gasteiger partial charge in [-0.05, 0) is 30.7 Å². The number of alkyl halides is 1. The molecule has 1 N–H and O–H groups in total. The van der Waals surface area contributed by atoms with Crippen LogP contribution in [-0.2, 0) is 0 Å². The number of amides is 1. The molecule has 0 bridgehead atoms. The van der Waals surface area contributed by atoms with Crippen LogP contribution in [0.25, 0.3) is 0 Å². The number of rotatable bonds is 7. The lowest BCUT2D eigenvalue weighted by Gasteiger charge is -2.06. The number of halogens is 1. The lowest BCUT2D eigenvalue weighted by Crippen LogP contribution is -2.25. The average molecular weight is 256 g/mol. The third-order valence-electron chi connectivity index (χ3n) is 2.26. The van der Waals surface area contributed by atoms with Gasteiger partial charge in [-0.15, -0.1) is 11.6 Å². The Morgan fingerprint density at radius 1 is 1.35 bits per heavy atom. The molecule has 1 aromatic carbocycles. The number of nitrogens with one attached hydrogen (secondary N) is 1. The van der Waals surface area contributed by atoms with Crippen LogP contribution in [0.1, 0.15) is 30.1 Å². The van der Waals surface area contributed by atoms with Gasteiger partial charge in [0.15, 0.2) is 0 Å². The van der Waals surface area contributed by atoms with Crippen LogP contribution in [0.2, 0.25) is 0 Å². The highest BCUT2D eigenvalue weighted by Crippen LogP contribution is 2.12. The van der Waals surface area contributed by atoms with Crippen molar-refractivity contribution in [3.63, 3.8) is 0 Å². The van der Waals surface area contributed by atoms with Gasteiger partial charge in [0.1, 0.15) is 5.75 Å². The lowest BCUT2D eigenvalue weighted by atomic mass is 10.2. The monoisotopic (exact) mass is 255 g/mol. The highest BCUT2D eigenvalue weighted by atomic mass is 35.5. The maximum atomic E-state index is 11.6. The fourth-order valence-electron chi connectivity index (χ4n) is 1.30. The number of carbonyl (C=O) groups excluding carboxylic acids is 1. The summed E-state index contributed by atoms with van der Waals surface area (Å²) in [5.41, 5.74) is 0.623. The minimum atomic E-state index is -0.106. The molecule has 0 heterocycles. The predicted octanol–water partition coefficient (Wildman–Crippen LogP) is 2.83. The van der Waals surface area contributed by atoms with Crippen LogP contribution in [0.3, 0.4) is 0 Å². The van der Waals surface area contributed by atoms with Crippen molar-refractivity contribution in [2.24, 2.45) is 0 Å². The first kappa shape index (κ1) is 13.8. The minimum Gasteiger partial charge on any atom is -0.494 e. The summed E-state index contributed by atoms with van der Waals surface area (Å²) in [4.78, 5) is 11.6. The molecule has 0 fully saturated rings. The maximum Gasteiger partial charge on any atom is 0.251 e. The van der Waals surface area contributed by atoms with Gasteiger partial charge in [0.25, 0.3) is 5.91 Å². The molecule has 17 heavy (non-hydrogen) atoms. The van der Waals surface area contributed by atoms with E-state index in [-0.39, 0.29) is 5.91 Å². The van der Waals surface area contributed by atoms with Crippen LogP contribution in [0.15, 0.2) is 24.3 Å². The summed E-state index contributed by atoms with van der Waals surface area (Å²) in [7, 11) is 0. The second-order valence-electron chi connectivity index (χ2n) is 3.67. The van der Waals surface area contributed by atoms with Crippen LogP contribution in [0.5, 0.6) is 5.75 Å². The predicted molar refractivity (Wildman–Crippen MR) is 69.9 cm³/mol. The second kappa shape index (κ2) is 7.96. The Bertz CT molecular complexity index is 338. The van der Waals surface area contributed by atoms with Gasteiger partial charge in [0, 0.05) is 18.0 Å². The minimum absolute atomic E-state index is 0.106. The number of carbonyl (C=O) groups is 1. The van der Waals surface area contributed by atoms with E-state index in [1.54, 1.807) is 12.1 Å². The molecule has 0 unspecified atom stereocenters. The zero-order valence-corrected chi connectivity index (χ0v) is 10.8. The molecule has 0 radical (unpaired) electrons. The van der Waals surface area contributed by atoms with E-state index in [1.165, 1.54) is 0 Å². The largest absolute Gasteiger partial charge is 0.494 e. The molecule has 1 amide bonds. The average Bonchev–Trinajstić information content (AvgIpc) is 2.37. The van der Waals surface area contributed by atoms with E-state index < -0.39 is 0 Å². The van der Waals surface area contributed by atoms with Crippen molar-refractivity contribution in [1.82, 2.24) is 5.32 Å². The van der Waals surface area contributed by atoms with Crippen molar-refractivity contribution in [3.8, 4) is 5.75 Å². The Kier molecular flexibility index (Phi) is 6.48. The van der Waals surface area contributed by atoms with Gasteiger partial charge in [-0.1, -0.05) is 13.3 Å². The fraction of sp³-hybridized carbons (Fsp3) is 0.462. The van der Waals surface area contributed by atoms with E-state index in [1.807, 2.05) is 12.1 Å². The Morgan fingerprint density at radius 2 is 2.06 bits per heavy atom. The molecular weight excluding hydrogens is 238 g/mol. The van der Waals surface area contributed by atoms with Gasteiger partial charge in [-0.2, -0.15) is 0 Å². The second-order valence-corrected chi connectivity index (χ2v) is 4.05. The Morgan fingerprint density at radius 3 is 2.65 bits per heavy atom. The van der Waals surface area contributed by atoms with Gasteiger partial charge in [0.05, 0.1) is 6.61 Å². The molecule has 0 atom stereocenters. The van der Waals surface area contributed by atoms with Crippen LogP contribution in [0, 0.1) is 0 Å². The van der Waals surface area contributed by atoms with Crippen molar-refractivity contribution in [1.29, 1.82) is 0 Å². The highest BCUT2D eigenvalue weighted by molar-refractivity contribution is 6.18. The number of ether oxygens (including phenoxy) is 1. The van der Waals surface area contributed by atoms with Crippen LogP contribution in [-0.4, -0.2) is 24.9 Å². The van der Waals surface area contributed by atoms with E-state index in [4.69, 9.17) is 16.3 Å². The standard InChI is InChI=1S/C13H18ClNO2/c1-2-3-10-17-12-6-4-11(5-7-12)13(16)15-9-8-14/h4-7H,2-3,8-10H2,1H3,(H,15,16). The zero-order valence-electron chi connectivity index (χ0n) is 10.0. The summed E-state index contributed by atoms with van der Waals surface area (Å²) >= 11 is 5.49. The Hall–Kier alpha value is -1.22. The first-order valence-electron chi connectivity index (χ1n) is 5.85. The van der Waals surface area contributed by atoms with E-state index in [0.717, 1.165) is 18.6 Å². The molecule has 0 saturated carbocycles. The molecule has 0 saturated heterocycles. The van der Waals surface area contributed by atoms with Gasteiger partial charge < -0.3 is 10.1 Å². The first-order valence-corrected chi connectivity index (χ1v) is 6.38. The van der Waals surface area contributed by atoms with Gasteiger partial charge in [0.2, 0.25) is 0 Å². The SMILES string of the molecule is CCCCOc1ccc(C(=O)NCCCl)cc1. The number of benzene rings is 1. The molecule has 94 valence electrons. The van der Waals surface area contributed by atoms with Crippen LogP contribution >= 0.6 is 11.6 Å². The van der Waals surface area contributed by atoms with Crippen molar-refractivity contribution >= 4 is 17.5 Å². The van der Waals surface area contributed by atoms with Crippen molar-refractivity contribution in [3.05, 3.63) is 29.8 Å². The Balaban J connectivity index is 2.46. The molecule has 0 spiro atoms. The van der Waals surface area contributed by atoms with E-state index in [2.05, 4.69) is 12.2 Å². The topological polar surface area (TPSA) is 38.3 Å². The summed E-state index contributed by atoms with van der Waals surface area (Å²) in [6, 6.07) is 7.13. The zero-order chi connectivity index (χ0) is 12.5. The summed E-state index contributed by atoms with van der Waals surface area (Å²) in [5, 5.41) is 2.71. The van der Waals surface area contributed by atoms with Gasteiger partial charge in [-0.3, -0.25) is 4.79 Å². The quantitative estimate of drug-likeness (QED) is 0.601. The van der Waals surface area contributed by atoms with Crippen molar-refractivity contribution < 1.29 is 9.53 Å². The third kappa shape index (κ3) is 5.09.